The molecule has 0 radical (unpaired) electrons. The molecular weight excluding hydrogens is 176 g/mol. The van der Waals surface area contributed by atoms with E-state index < -0.39 is 0 Å². The van der Waals surface area contributed by atoms with E-state index in [0.717, 1.165) is 18.1 Å². The van der Waals surface area contributed by atoms with Crippen molar-refractivity contribution in [2.24, 2.45) is 0 Å². The topological polar surface area (TPSA) is 42.7 Å². The molecule has 4 nitrogen and oxygen atoms in total. The zero-order chi connectivity index (χ0) is 9.80. The van der Waals surface area contributed by atoms with Gasteiger partial charge in [-0.15, -0.1) is 0 Å². The third kappa shape index (κ3) is 1.80. The molecule has 1 N–H and O–H groups in total. The molecule has 2 aromatic rings. The van der Waals surface area contributed by atoms with Crippen LogP contribution in [0.3, 0.4) is 0 Å². The zero-order valence-electron chi connectivity index (χ0n) is 8.01. The molecule has 0 aliphatic heterocycles. The largest absolute Gasteiger partial charge is 0.314 e. The van der Waals surface area contributed by atoms with Crippen LogP contribution >= 0.6 is 0 Å². The molecule has 0 fully saturated rings. The van der Waals surface area contributed by atoms with Crippen LogP contribution < -0.4 is 5.32 Å². The Hall–Kier alpha value is -1.68. The highest BCUT2D eigenvalue weighted by atomic mass is 15.1. The summed E-state index contributed by atoms with van der Waals surface area (Å²) >= 11 is 0. The van der Waals surface area contributed by atoms with Gasteiger partial charge in [0.25, 0.3) is 0 Å². The molecule has 0 amide bonds. The number of rotatable bonds is 3. The first kappa shape index (κ1) is 8.90. The van der Waals surface area contributed by atoms with E-state index in [1.165, 1.54) is 0 Å². The Labute approximate surface area is 82.6 Å². The normalized spacial score (nSPS) is 10.4. The average molecular weight is 188 g/mol. The maximum atomic E-state index is 4.47. The Morgan fingerprint density at radius 1 is 1.43 bits per heavy atom. The van der Waals surface area contributed by atoms with Gasteiger partial charge < -0.3 is 5.32 Å². The van der Waals surface area contributed by atoms with Crippen LogP contribution in [0.25, 0.3) is 5.82 Å². The third-order valence-corrected chi connectivity index (χ3v) is 1.92. The monoisotopic (exact) mass is 188 g/mol. The average Bonchev–Trinajstić information content (AvgIpc) is 2.71. The number of pyridine rings is 1. The summed E-state index contributed by atoms with van der Waals surface area (Å²) in [6.45, 7) is 0.780. The first-order chi connectivity index (χ1) is 6.90. The number of hydrogen-bond acceptors (Lipinski definition) is 3. The predicted molar refractivity (Wildman–Crippen MR) is 54.1 cm³/mol. The molecule has 0 saturated carbocycles. The number of nitrogens with one attached hydrogen (secondary N) is 1. The summed E-state index contributed by atoms with van der Waals surface area (Å²) in [4.78, 5) is 8.45. The molecule has 2 rings (SSSR count). The van der Waals surface area contributed by atoms with E-state index in [9.17, 15) is 0 Å². The van der Waals surface area contributed by atoms with Gasteiger partial charge >= 0.3 is 0 Å². The van der Waals surface area contributed by atoms with Crippen molar-refractivity contribution >= 4 is 0 Å². The Kier molecular flexibility index (Phi) is 2.55. The van der Waals surface area contributed by atoms with Crippen molar-refractivity contribution in [3.8, 4) is 5.82 Å². The van der Waals surface area contributed by atoms with Crippen LogP contribution in [0.15, 0.2) is 36.9 Å². The second-order valence-corrected chi connectivity index (χ2v) is 2.99. The molecule has 0 aliphatic rings. The Bertz CT molecular complexity index is 394. The zero-order valence-corrected chi connectivity index (χ0v) is 8.01. The molecule has 0 saturated heterocycles. The molecule has 0 aromatic carbocycles. The third-order valence-electron chi connectivity index (χ3n) is 1.92. The minimum atomic E-state index is 0.780. The van der Waals surface area contributed by atoms with Gasteiger partial charge in [-0.2, -0.15) is 0 Å². The maximum Gasteiger partial charge on any atom is 0.138 e. The molecular formula is C10H12N4. The predicted octanol–water partition coefficient (Wildman–Crippen LogP) is 0.987. The highest BCUT2D eigenvalue weighted by molar-refractivity contribution is 5.24. The summed E-state index contributed by atoms with van der Waals surface area (Å²) in [7, 11) is 1.91. The van der Waals surface area contributed by atoms with Gasteiger partial charge in [0.2, 0.25) is 0 Å². The van der Waals surface area contributed by atoms with Crippen LogP contribution in [0, 0.1) is 0 Å². The van der Waals surface area contributed by atoms with Gasteiger partial charge in [-0.3, -0.25) is 4.57 Å². The van der Waals surface area contributed by atoms with Crippen molar-refractivity contribution in [2.75, 3.05) is 7.05 Å². The van der Waals surface area contributed by atoms with Crippen LogP contribution in [0.1, 0.15) is 5.69 Å². The van der Waals surface area contributed by atoms with Crippen LogP contribution in [-0.4, -0.2) is 21.6 Å². The lowest BCUT2D eigenvalue weighted by molar-refractivity contribution is 0.784. The second kappa shape index (κ2) is 4.02. The van der Waals surface area contributed by atoms with Crippen LogP contribution in [0.4, 0.5) is 0 Å². The summed E-state index contributed by atoms with van der Waals surface area (Å²) in [5.41, 5.74) is 1.03. The van der Waals surface area contributed by atoms with Gasteiger partial charge in [0.05, 0.1) is 5.69 Å². The highest BCUT2D eigenvalue weighted by Gasteiger charge is 1.97. The van der Waals surface area contributed by atoms with Crippen LogP contribution in [0.5, 0.6) is 0 Å². The van der Waals surface area contributed by atoms with E-state index in [0.29, 0.717) is 0 Å². The smallest absolute Gasteiger partial charge is 0.138 e. The van der Waals surface area contributed by atoms with Gasteiger partial charge in [0, 0.05) is 18.9 Å². The lowest BCUT2D eigenvalue weighted by Crippen LogP contribution is -2.08. The molecule has 0 bridgehead atoms. The first-order valence-corrected chi connectivity index (χ1v) is 4.49. The molecule has 0 atom stereocenters. The molecule has 0 spiro atoms. The molecule has 72 valence electrons. The Morgan fingerprint density at radius 2 is 2.36 bits per heavy atom. The number of nitrogens with zero attached hydrogens (tertiary/aromatic N) is 3. The molecule has 4 heteroatoms. The molecule has 0 unspecified atom stereocenters. The fourth-order valence-electron chi connectivity index (χ4n) is 1.28. The van der Waals surface area contributed by atoms with Crippen LogP contribution in [0.2, 0.25) is 0 Å². The van der Waals surface area contributed by atoms with E-state index in [-0.39, 0.29) is 0 Å². The molecule has 2 heterocycles. The van der Waals surface area contributed by atoms with E-state index in [1.54, 1.807) is 12.5 Å². The summed E-state index contributed by atoms with van der Waals surface area (Å²) in [6, 6.07) is 5.95. The first-order valence-electron chi connectivity index (χ1n) is 4.49. The van der Waals surface area contributed by atoms with Crippen molar-refractivity contribution in [1.82, 2.24) is 19.9 Å². The lowest BCUT2D eigenvalue weighted by Gasteiger charge is -2.03. The fraction of sp³-hybridized carbons (Fsp3) is 0.200. The number of imidazole rings is 1. The number of hydrogen-bond donors (Lipinski definition) is 1. The standard InChI is InChI=1S/C10H12N4/c1-11-7-9-3-2-4-10(13-9)14-6-5-12-8-14/h2-6,8,11H,7H2,1H3. The second-order valence-electron chi connectivity index (χ2n) is 2.99. The minimum Gasteiger partial charge on any atom is -0.314 e. The van der Waals surface area contributed by atoms with Gasteiger partial charge in [0.1, 0.15) is 12.1 Å². The fourth-order valence-corrected chi connectivity index (χ4v) is 1.28. The van der Waals surface area contributed by atoms with E-state index >= 15 is 0 Å². The minimum absolute atomic E-state index is 0.780. The van der Waals surface area contributed by atoms with E-state index in [2.05, 4.69) is 15.3 Å². The molecule has 0 aliphatic carbocycles. The quantitative estimate of drug-likeness (QED) is 0.781. The van der Waals surface area contributed by atoms with Crippen molar-refractivity contribution < 1.29 is 0 Å². The van der Waals surface area contributed by atoms with E-state index in [4.69, 9.17) is 0 Å². The molecule has 2 aromatic heterocycles. The van der Waals surface area contributed by atoms with Crippen molar-refractivity contribution in [3.05, 3.63) is 42.6 Å². The van der Waals surface area contributed by atoms with Crippen LogP contribution in [-0.2, 0) is 6.54 Å². The summed E-state index contributed by atoms with van der Waals surface area (Å²) in [5.74, 6) is 0.898. The summed E-state index contributed by atoms with van der Waals surface area (Å²) < 4.78 is 1.89. The van der Waals surface area contributed by atoms with Gasteiger partial charge in [-0.1, -0.05) is 6.07 Å². The summed E-state index contributed by atoms with van der Waals surface area (Å²) in [6.07, 6.45) is 5.36. The number of aromatic nitrogens is 3. The summed E-state index contributed by atoms with van der Waals surface area (Å²) in [5, 5.41) is 3.07. The maximum absolute atomic E-state index is 4.47. The van der Waals surface area contributed by atoms with Gasteiger partial charge in [-0.05, 0) is 19.2 Å². The SMILES string of the molecule is CNCc1cccc(-n2ccnc2)n1. The van der Waals surface area contributed by atoms with Gasteiger partial charge in [-0.25, -0.2) is 9.97 Å². The highest BCUT2D eigenvalue weighted by Crippen LogP contribution is 2.04. The van der Waals surface area contributed by atoms with Gasteiger partial charge in [0.15, 0.2) is 0 Å². The Balaban J connectivity index is 2.31. The molecule has 14 heavy (non-hydrogen) atoms. The lowest BCUT2D eigenvalue weighted by atomic mass is 10.3. The van der Waals surface area contributed by atoms with E-state index in [1.807, 2.05) is 36.0 Å². The Morgan fingerprint density at radius 3 is 3.07 bits per heavy atom. The van der Waals surface area contributed by atoms with Crippen molar-refractivity contribution in [3.63, 3.8) is 0 Å². The van der Waals surface area contributed by atoms with Crippen molar-refractivity contribution in [1.29, 1.82) is 0 Å². The van der Waals surface area contributed by atoms with Crippen molar-refractivity contribution in [2.45, 2.75) is 6.54 Å².